The molecule has 0 spiro atoms. The lowest BCUT2D eigenvalue weighted by molar-refractivity contribution is 0.774. The number of hydrogen-bond acceptors (Lipinski definition) is 3. The normalized spacial score (nSPS) is 10.5. The number of hydrogen-bond donors (Lipinski definition) is 1. The zero-order valence-electron chi connectivity index (χ0n) is 11.9. The molecule has 1 heterocycles. The molecule has 2 rings (SSSR count). The number of nitrogens with zero attached hydrogens (tertiary/aromatic N) is 2. The molecule has 0 unspecified atom stereocenters. The molecule has 1 aromatic carbocycles. The van der Waals surface area contributed by atoms with Crippen molar-refractivity contribution < 1.29 is 0 Å². The van der Waals surface area contributed by atoms with Crippen LogP contribution in [0.25, 0.3) is 0 Å². The molecular formula is C16H21N3. The van der Waals surface area contributed by atoms with E-state index in [4.69, 9.17) is 0 Å². The first-order valence-corrected chi connectivity index (χ1v) is 6.56. The average Bonchev–Trinajstić information content (AvgIpc) is 2.40. The van der Waals surface area contributed by atoms with E-state index in [1.807, 2.05) is 13.1 Å². The van der Waals surface area contributed by atoms with Gasteiger partial charge in [0, 0.05) is 19.3 Å². The van der Waals surface area contributed by atoms with Gasteiger partial charge in [0.15, 0.2) is 0 Å². The van der Waals surface area contributed by atoms with Gasteiger partial charge in [0.25, 0.3) is 0 Å². The highest BCUT2D eigenvalue weighted by Gasteiger charge is 2.03. The van der Waals surface area contributed by atoms with Gasteiger partial charge in [0.1, 0.15) is 0 Å². The summed E-state index contributed by atoms with van der Waals surface area (Å²) in [6, 6.07) is 14.8. The lowest BCUT2D eigenvalue weighted by Crippen LogP contribution is -2.18. The maximum absolute atomic E-state index is 4.64. The van der Waals surface area contributed by atoms with Gasteiger partial charge in [-0.1, -0.05) is 23.8 Å². The number of pyridine rings is 1. The first-order chi connectivity index (χ1) is 9.19. The van der Waals surface area contributed by atoms with E-state index >= 15 is 0 Å². The minimum absolute atomic E-state index is 0.808. The van der Waals surface area contributed by atoms with E-state index in [0.717, 1.165) is 24.5 Å². The number of anilines is 1. The van der Waals surface area contributed by atoms with Gasteiger partial charge in [-0.15, -0.1) is 0 Å². The van der Waals surface area contributed by atoms with Crippen LogP contribution in [0, 0.1) is 6.92 Å². The summed E-state index contributed by atoms with van der Waals surface area (Å²) >= 11 is 0. The topological polar surface area (TPSA) is 28.2 Å². The summed E-state index contributed by atoms with van der Waals surface area (Å²) in [7, 11) is 4.03. The van der Waals surface area contributed by atoms with Crippen molar-refractivity contribution in [1.82, 2.24) is 10.3 Å². The molecule has 0 aliphatic carbocycles. The first-order valence-electron chi connectivity index (χ1n) is 6.56. The predicted molar refractivity (Wildman–Crippen MR) is 80.3 cm³/mol. The third kappa shape index (κ3) is 3.80. The van der Waals surface area contributed by atoms with Crippen molar-refractivity contribution in [2.75, 3.05) is 19.0 Å². The maximum Gasteiger partial charge on any atom is 0.0600 e. The summed E-state index contributed by atoms with van der Waals surface area (Å²) in [6.07, 6.45) is 0. The molecule has 0 bridgehead atoms. The molecule has 0 fully saturated rings. The SMILES string of the molecule is CNCc1cccc(CN(C)c2ccc(C)cc2)n1. The molecule has 0 atom stereocenters. The van der Waals surface area contributed by atoms with Crippen LogP contribution in [0.4, 0.5) is 5.69 Å². The Hall–Kier alpha value is -1.87. The Morgan fingerprint density at radius 2 is 1.74 bits per heavy atom. The van der Waals surface area contributed by atoms with Crippen LogP contribution in [0.3, 0.4) is 0 Å². The van der Waals surface area contributed by atoms with Crippen molar-refractivity contribution in [1.29, 1.82) is 0 Å². The van der Waals surface area contributed by atoms with Crippen molar-refractivity contribution in [3.05, 3.63) is 59.4 Å². The Balaban J connectivity index is 2.07. The smallest absolute Gasteiger partial charge is 0.0600 e. The molecule has 100 valence electrons. The second-order valence-corrected chi connectivity index (χ2v) is 4.84. The van der Waals surface area contributed by atoms with Crippen molar-refractivity contribution in [3.63, 3.8) is 0 Å². The van der Waals surface area contributed by atoms with E-state index < -0.39 is 0 Å². The number of rotatable bonds is 5. The third-order valence-electron chi connectivity index (χ3n) is 3.10. The van der Waals surface area contributed by atoms with Crippen molar-refractivity contribution in [2.24, 2.45) is 0 Å². The third-order valence-corrected chi connectivity index (χ3v) is 3.10. The minimum atomic E-state index is 0.808. The van der Waals surface area contributed by atoms with E-state index in [1.54, 1.807) is 0 Å². The van der Waals surface area contributed by atoms with Gasteiger partial charge in [0.05, 0.1) is 17.9 Å². The Morgan fingerprint density at radius 3 is 2.42 bits per heavy atom. The van der Waals surface area contributed by atoms with E-state index in [9.17, 15) is 0 Å². The minimum Gasteiger partial charge on any atom is -0.369 e. The van der Waals surface area contributed by atoms with Crippen molar-refractivity contribution >= 4 is 5.69 Å². The summed E-state index contributed by atoms with van der Waals surface area (Å²) in [4.78, 5) is 6.85. The van der Waals surface area contributed by atoms with Gasteiger partial charge in [-0.25, -0.2) is 0 Å². The highest BCUT2D eigenvalue weighted by Crippen LogP contribution is 2.15. The largest absolute Gasteiger partial charge is 0.369 e. The molecule has 1 aromatic heterocycles. The van der Waals surface area contributed by atoms with Crippen LogP contribution >= 0.6 is 0 Å². The zero-order chi connectivity index (χ0) is 13.7. The summed E-state index contributed by atoms with van der Waals surface area (Å²) in [5, 5.41) is 3.13. The van der Waals surface area contributed by atoms with Crippen LogP contribution in [0.1, 0.15) is 17.0 Å². The van der Waals surface area contributed by atoms with E-state index in [2.05, 4.69) is 65.6 Å². The fourth-order valence-electron chi connectivity index (χ4n) is 2.03. The van der Waals surface area contributed by atoms with E-state index in [1.165, 1.54) is 11.3 Å². The van der Waals surface area contributed by atoms with Crippen molar-refractivity contribution in [3.8, 4) is 0 Å². The summed E-state index contributed by atoms with van der Waals surface area (Å²) in [6.45, 7) is 3.73. The summed E-state index contributed by atoms with van der Waals surface area (Å²) < 4.78 is 0. The van der Waals surface area contributed by atoms with E-state index in [0.29, 0.717) is 0 Å². The van der Waals surface area contributed by atoms with Gasteiger partial charge in [-0.3, -0.25) is 4.98 Å². The maximum atomic E-state index is 4.64. The number of aryl methyl sites for hydroxylation is 1. The Bertz CT molecular complexity index is 520. The van der Waals surface area contributed by atoms with Crippen LogP contribution in [-0.4, -0.2) is 19.1 Å². The standard InChI is InChI=1S/C16H21N3/c1-13-7-9-16(10-8-13)19(3)12-15-6-4-5-14(18-15)11-17-2/h4-10,17H,11-12H2,1-3H3. The second kappa shape index (κ2) is 6.34. The van der Waals surface area contributed by atoms with Gasteiger partial charge in [-0.05, 0) is 38.2 Å². The lowest BCUT2D eigenvalue weighted by Gasteiger charge is -2.19. The van der Waals surface area contributed by atoms with Crippen LogP contribution in [0.2, 0.25) is 0 Å². The van der Waals surface area contributed by atoms with Gasteiger partial charge < -0.3 is 10.2 Å². The van der Waals surface area contributed by atoms with Gasteiger partial charge in [0.2, 0.25) is 0 Å². The number of benzene rings is 1. The summed E-state index contributed by atoms with van der Waals surface area (Å²) in [5.74, 6) is 0. The molecule has 0 saturated heterocycles. The van der Waals surface area contributed by atoms with Crippen LogP contribution < -0.4 is 10.2 Å². The molecule has 3 nitrogen and oxygen atoms in total. The molecule has 1 N–H and O–H groups in total. The molecule has 0 amide bonds. The van der Waals surface area contributed by atoms with Crippen molar-refractivity contribution in [2.45, 2.75) is 20.0 Å². The summed E-state index contributed by atoms with van der Waals surface area (Å²) in [5.41, 5.74) is 4.67. The molecule has 0 aliphatic rings. The average molecular weight is 255 g/mol. The van der Waals surface area contributed by atoms with E-state index in [-0.39, 0.29) is 0 Å². The molecule has 0 saturated carbocycles. The number of aromatic nitrogens is 1. The molecular weight excluding hydrogens is 234 g/mol. The lowest BCUT2D eigenvalue weighted by atomic mass is 10.2. The Morgan fingerprint density at radius 1 is 1.05 bits per heavy atom. The quantitative estimate of drug-likeness (QED) is 0.890. The van der Waals surface area contributed by atoms with Crippen LogP contribution in [0.15, 0.2) is 42.5 Å². The van der Waals surface area contributed by atoms with Crippen LogP contribution in [0.5, 0.6) is 0 Å². The fourth-order valence-corrected chi connectivity index (χ4v) is 2.03. The molecule has 3 heteroatoms. The number of nitrogens with one attached hydrogen (secondary N) is 1. The molecule has 19 heavy (non-hydrogen) atoms. The zero-order valence-corrected chi connectivity index (χ0v) is 11.9. The van der Waals surface area contributed by atoms with Gasteiger partial charge in [-0.2, -0.15) is 0 Å². The monoisotopic (exact) mass is 255 g/mol. The first kappa shape index (κ1) is 13.6. The Kier molecular flexibility index (Phi) is 4.53. The highest BCUT2D eigenvalue weighted by molar-refractivity contribution is 5.46. The molecule has 0 radical (unpaired) electrons. The van der Waals surface area contributed by atoms with Crippen LogP contribution in [-0.2, 0) is 13.1 Å². The Labute approximate surface area is 115 Å². The van der Waals surface area contributed by atoms with Gasteiger partial charge >= 0.3 is 0 Å². The molecule has 2 aromatic rings. The second-order valence-electron chi connectivity index (χ2n) is 4.84. The highest BCUT2D eigenvalue weighted by atomic mass is 15.1. The molecule has 0 aliphatic heterocycles. The predicted octanol–water partition coefficient (Wildman–Crippen LogP) is 2.75. The fraction of sp³-hybridized carbons (Fsp3) is 0.312.